The lowest BCUT2D eigenvalue weighted by Crippen LogP contribution is -2.40. The first-order chi connectivity index (χ1) is 11.9. The predicted octanol–water partition coefficient (Wildman–Crippen LogP) is 1.07. The molecule has 0 saturated carbocycles. The van der Waals surface area contributed by atoms with E-state index in [1.807, 2.05) is 0 Å². The quantitative estimate of drug-likeness (QED) is 0.315. The lowest BCUT2D eigenvalue weighted by atomic mass is 10.1. The van der Waals surface area contributed by atoms with Crippen molar-refractivity contribution in [1.29, 1.82) is 0 Å². The van der Waals surface area contributed by atoms with Crippen molar-refractivity contribution in [2.24, 2.45) is 12.2 Å². The van der Waals surface area contributed by atoms with Gasteiger partial charge in [-0.3, -0.25) is 13.9 Å². The molecule has 9 nitrogen and oxygen atoms in total. The molecule has 0 N–H and O–H groups in total. The monoisotopic (exact) mass is 387 g/mol. The van der Waals surface area contributed by atoms with Crippen molar-refractivity contribution in [3.05, 3.63) is 43.0 Å². The van der Waals surface area contributed by atoms with Crippen LogP contribution in [0.25, 0.3) is 10.4 Å². The third kappa shape index (κ3) is 4.62. The molecule has 11 heteroatoms. The summed E-state index contributed by atoms with van der Waals surface area (Å²) >= 11 is 8.42. The minimum atomic E-state index is -0.626. The van der Waals surface area contributed by atoms with Crippen LogP contribution < -0.4 is 11.2 Å². The Balaban J connectivity index is 2.18. The molecule has 138 valence electrons. The van der Waals surface area contributed by atoms with E-state index < -0.39 is 24.1 Å². The van der Waals surface area contributed by atoms with Crippen molar-refractivity contribution < 1.29 is 9.47 Å². The van der Waals surface area contributed by atoms with Crippen molar-refractivity contribution in [2.75, 3.05) is 19.0 Å². The summed E-state index contributed by atoms with van der Waals surface area (Å²) < 4.78 is 13.8. The topological polar surface area (TPSA) is 111 Å². The molecule has 1 aliphatic rings. The minimum Gasteiger partial charge on any atom is -0.378 e. The Hall–Kier alpha value is -1.39. The molecule has 2 heterocycles. The van der Waals surface area contributed by atoms with Crippen LogP contribution in [0.15, 0.2) is 20.9 Å². The Kier molecular flexibility index (Phi) is 7.03. The van der Waals surface area contributed by atoms with E-state index in [0.29, 0.717) is 24.3 Å². The fourth-order valence-corrected chi connectivity index (χ4v) is 2.86. The van der Waals surface area contributed by atoms with Crippen LogP contribution in [0.4, 0.5) is 0 Å². The van der Waals surface area contributed by atoms with E-state index in [4.69, 9.17) is 15.0 Å². The third-order valence-corrected chi connectivity index (χ3v) is 5.06. The van der Waals surface area contributed by atoms with Crippen molar-refractivity contribution >= 4 is 25.3 Å². The van der Waals surface area contributed by atoms with Gasteiger partial charge in [-0.1, -0.05) is 5.11 Å². The lowest BCUT2D eigenvalue weighted by Gasteiger charge is -2.18. The van der Waals surface area contributed by atoms with E-state index in [2.05, 4.69) is 35.3 Å². The zero-order chi connectivity index (χ0) is 18.6. The standard InChI is InChI=1S/C14H21N5O4S2/c1-8-4-19(14(21)18(2)13(8)20)12-3-10(16-17-15)11(23-12)6-22-5-9(25)7-24/h4,9-12,24-25H,3,5-7H2,1-2H3/t9?,10-,11+,12+/m0/s1. The first-order valence-electron chi connectivity index (χ1n) is 7.74. The number of nitrogens with zero attached hydrogens (tertiary/aromatic N) is 5. The Morgan fingerprint density at radius 1 is 1.56 bits per heavy atom. The molecule has 4 atom stereocenters. The summed E-state index contributed by atoms with van der Waals surface area (Å²) in [5.41, 5.74) is 8.36. The highest BCUT2D eigenvalue weighted by Crippen LogP contribution is 2.30. The molecule has 1 unspecified atom stereocenters. The third-order valence-electron chi connectivity index (χ3n) is 4.00. The van der Waals surface area contributed by atoms with Crippen LogP contribution in [0.3, 0.4) is 0 Å². The molecule has 0 aliphatic carbocycles. The van der Waals surface area contributed by atoms with Gasteiger partial charge in [-0.15, -0.1) is 0 Å². The molecule has 0 bridgehead atoms. The Bertz CT molecular complexity index is 773. The van der Waals surface area contributed by atoms with Gasteiger partial charge in [-0.05, 0) is 12.5 Å². The van der Waals surface area contributed by atoms with Crippen LogP contribution >= 0.6 is 25.3 Å². The van der Waals surface area contributed by atoms with Crippen LogP contribution in [-0.2, 0) is 16.5 Å². The van der Waals surface area contributed by atoms with Crippen LogP contribution in [0, 0.1) is 6.92 Å². The van der Waals surface area contributed by atoms with Crippen LogP contribution in [0.1, 0.15) is 18.2 Å². The van der Waals surface area contributed by atoms with Crippen LogP contribution in [-0.4, -0.2) is 45.5 Å². The fraction of sp³-hybridized carbons (Fsp3) is 0.714. The smallest absolute Gasteiger partial charge is 0.332 e. The highest BCUT2D eigenvalue weighted by molar-refractivity contribution is 7.84. The van der Waals surface area contributed by atoms with Gasteiger partial charge in [0.2, 0.25) is 0 Å². The van der Waals surface area contributed by atoms with E-state index >= 15 is 0 Å². The summed E-state index contributed by atoms with van der Waals surface area (Å²) in [6, 6.07) is -0.464. The molecule has 1 aliphatic heterocycles. The highest BCUT2D eigenvalue weighted by atomic mass is 32.1. The highest BCUT2D eigenvalue weighted by Gasteiger charge is 2.36. The summed E-state index contributed by atoms with van der Waals surface area (Å²) in [4.78, 5) is 27.0. The van der Waals surface area contributed by atoms with Crippen LogP contribution in [0.2, 0.25) is 0 Å². The van der Waals surface area contributed by atoms with Crippen molar-refractivity contribution in [3.8, 4) is 0 Å². The Morgan fingerprint density at radius 3 is 2.92 bits per heavy atom. The van der Waals surface area contributed by atoms with Crippen molar-refractivity contribution in [1.82, 2.24) is 9.13 Å². The molecule has 1 fully saturated rings. The van der Waals surface area contributed by atoms with Gasteiger partial charge < -0.3 is 9.47 Å². The molecule has 0 aromatic carbocycles. The summed E-state index contributed by atoms with van der Waals surface area (Å²) in [5, 5.41) is 3.74. The molecule has 2 rings (SSSR count). The molecule has 0 amide bonds. The van der Waals surface area contributed by atoms with Gasteiger partial charge in [0.25, 0.3) is 5.56 Å². The normalized spacial score (nSPS) is 24.1. The maximum absolute atomic E-state index is 12.3. The van der Waals surface area contributed by atoms with Crippen molar-refractivity contribution in [2.45, 2.75) is 37.0 Å². The van der Waals surface area contributed by atoms with Gasteiger partial charge >= 0.3 is 5.69 Å². The van der Waals surface area contributed by atoms with Gasteiger partial charge in [0.1, 0.15) is 6.23 Å². The summed E-state index contributed by atoms with van der Waals surface area (Å²) in [6.45, 7) is 2.23. The van der Waals surface area contributed by atoms with E-state index in [0.717, 1.165) is 4.57 Å². The summed E-state index contributed by atoms with van der Waals surface area (Å²) in [5.74, 6) is 0.573. The Labute approximate surface area is 155 Å². The number of thiol groups is 2. The molecule has 1 aromatic heterocycles. The Morgan fingerprint density at radius 2 is 2.28 bits per heavy atom. The number of aryl methyl sites for hydroxylation is 1. The number of azide groups is 1. The second-order valence-electron chi connectivity index (χ2n) is 5.88. The SMILES string of the molecule is Cc1cn([C@H]2C[C@H](N=[N+]=[N-])[C@@H](COCC(S)CS)O2)c(=O)n(C)c1=O. The van der Waals surface area contributed by atoms with E-state index in [-0.39, 0.29) is 17.4 Å². The average molecular weight is 387 g/mol. The molecular weight excluding hydrogens is 366 g/mol. The maximum Gasteiger partial charge on any atom is 0.332 e. The number of hydrogen-bond acceptors (Lipinski definition) is 7. The second-order valence-corrected chi connectivity index (χ2v) is 6.97. The predicted molar refractivity (Wildman–Crippen MR) is 99.6 cm³/mol. The van der Waals surface area contributed by atoms with Gasteiger partial charge in [-0.2, -0.15) is 25.3 Å². The molecular formula is C14H21N5O4S2. The van der Waals surface area contributed by atoms with E-state index in [1.54, 1.807) is 6.92 Å². The van der Waals surface area contributed by atoms with E-state index in [9.17, 15) is 9.59 Å². The zero-order valence-corrected chi connectivity index (χ0v) is 15.8. The second kappa shape index (κ2) is 8.81. The number of aromatic nitrogens is 2. The maximum atomic E-state index is 12.3. The molecule has 25 heavy (non-hydrogen) atoms. The van der Waals surface area contributed by atoms with Gasteiger partial charge in [0.05, 0.1) is 25.4 Å². The summed E-state index contributed by atoms with van der Waals surface area (Å²) in [6.07, 6.45) is 0.688. The minimum absolute atomic E-state index is 0.00707. The molecule has 0 spiro atoms. The van der Waals surface area contributed by atoms with Crippen LogP contribution in [0.5, 0.6) is 0 Å². The van der Waals surface area contributed by atoms with Gasteiger partial charge in [0.15, 0.2) is 0 Å². The zero-order valence-electron chi connectivity index (χ0n) is 14.0. The molecule has 1 saturated heterocycles. The first-order valence-corrected chi connectivity index (χ1v) is 8.89. The lowest BCUT2D eigenvalue weighted by molar-refractivity contribution is -0.0450. The van der Waals surface area contributed by atoms with Gasteiger partial charge in [0, 0.05) is 41.1 Å². The van der Waals surface area contributed by atoms with E-state index in [1.165, 1.54) is 17.8 Å². The van der Waals surface area contributed by atoms with Crippen molar-refractivity contribution in [3.63, 3.8) is 0 Å². The fourth-order valence-electron chi connectivity index (χ4n) is 2.65. The average Bonchev–Trinajstić information content (AvgIpc) is 2.99. The summed E-state index contributed by atoms with van der Waals surface area (Å²) in [7, 11) is 1.42. The largest absolute Gasteiger partial charge is 0.378 e. The molecule has 0 radical (unpaired) electrons. The number of ether oxygens (including phenoxy) is 2. The number of rotatable bonds is 7. The molecule has 1 aromatic rings. The first kappa shape index (κ1) is 19.9. The van der Waals surface area contributed by atoms with Gasteiger partial charge in [-0.25, -0.2) is 4.79 Å². The number of hydrogen-bond donors (Lipinski definition) is 2.